The smallest absolute Gasteiger partial charge is 0.226 e. The van der Waals surface area contributed by atoms with Crippen LogP contribution in [-0.4, -0.2) is 25.3 Å². The molecule has 0 unspecified atom stereocenters. The number of aldehydes is 1. The maximum absolute atomic E-state index is 10.9. The molecule has 1 aliphatic heterocycles. The fraction of sp³-hybridized carbons (Fsp3) is 0.500. The largest absolute Gasteiger partial charge is 0.341 e. The van der Waals surface area contributed by atoms with Gasteiger partial charge in [-0.1, -0.05) is 44.2 Å². The monoisotopic (exact) mass is 236 g/mol. The zero-order valence-corrected chi connectivity index (χ0v) is 10.5. The molecule has 1 saturated heterocycles. The Morgan fingerprint density at radius 3 is 2.29 bits per heavy atom. The number of benzene rings is 1. The van der Waals surface area contributed by atoms with E-state index in [0.717, 1.165) is 12.7 Å². The van der Waals surface area contributed by atoms with Gasteiger partial charge in [0, 0.05) is 6.42 Å². The second kappa shape index (κ2) is 7.20. The van der Waals surface area contributed by atoms with E-state index in [0.29, 0.717) is 19.6 Å². The Balaban J connectivity index is 0.000000686. The first-order valence-corrected chi connectivity index (χ1v) is 6.13. The predicted molar refractivity (Wildman–Crippen MR) is 66.8 cm³/mol. The van der Waals surface area contributed by atoms with Crippen LogP contribution in [0.3, 0.4) is 0 Å². The van der Waals surface area contributed by atoms with Crippen LogP contribution in [0.5, 0.6) is 0 Å². The second-order valence-electron chi connectivity index (χ2n) is 3.61. The minimum absolute atomic E-state index is 0.507. The normalized spacial score (nSPS) is 17.1. The summed E-state index contributed by atoms with van der Waals surface area (Å²) in [6.45, 7) is 5.01. The summed E-state index contributed by atoms with van der Waals surface area (Å²) in [6.07, 6.45) is 2.14. The van der Waals surface area contributed by atoms with Gasteiger partial charge in [0.1, 0.15) is 0 Å². The molecular weight excluding hydrogens is 216 g/mol. The van der Waals surface area contributed by atoms with Crippen LogP contribution in [0.1, 0.15) is 25.8 Å². The standard InChI is InChI=1S/C12H14O3.C2H6/c13-10-12(14-8-9-15-12)7-6-11-4-2-1-3-5-11;1-2/h1-5,10H,6-9H2;1-2H3. The van der Waals surface area contributed by atoms with E-state index in [4.69, 9.17) is 9.47 Å². The molecule has 0 amide bonds. The molecule has 3 heteroatoms. The van der Waals surface area contributed by atoms with Gasteiger partial charge in [0.05, 0.1) is 13.2 Å². The zero-order valence-electron chi connectivity index (χ0n) is 10.5. The Bertz CT molecular complexity index is 315. The number of hydrogen-bond acceptors (Lipinski definition) is 3. The molecule has 0 spiro atoms. The van der Waals surface area contributed by atoms with Crippen LogP contribution in [0.2, 0.25) is 0 Å². The molecule has 0 aromatic heterocycles. The first kappa shape index (κ1) is 13.9. The molecule has 1 heterocycles. The zero-order chi connectivity index (χ0) is 12.6. The highest BCUT2D eigenvalue weighted by Gasteiger charge is 2.35. The van der Waals surface area contributed by atoms with Crippen molar-refractivity contribution in [2.24, 2.45) is 0 Å². The van der Waals surface area contributed by atoms with Crippen molar-refractivity contribution in [2.75, 3.05) is 13.2 Å². The van der Waals surface area contributed by atoms with Gasteiger partial charge in [-0.3, -0.25) is 4.79 Å². The third-order valence-electron chi connectivity index (χ3n) is 2.56. The van der Waals surface area contributed by atoms with Crippen molar-refractivity contribution < 1.29 is 14.3 Å². The van der Waals surface area contributed by atoms with Gasteiger partial charge >= 0.3 is 0 Å². The lowest BCUT2D eigenvalue weighted by molar-refractivity contribution is -0.168. The molecule has 1 aliphatic rings. The molecule has 1 fully saturated rings. The maximum atomic E-state index is 10.9. The van der Waals surface area contributed by atoms with Crippen molar-refractivity contribution in [1.29, 1.82) is 0 Å². The molecule has 2 rings (SSSR count). The van der Waals surface area contributed by atoms with E-state index in [1.54, 1.807) is 0 Å². The molecule has 3 nitrogen and oxygen atoms in total. The van der Waals surface area contributed by atoms with Crippen molar-refractivity contribution in [3.05, 3.63) is 35.9 Å². The Morgan fingerprint density at radius 2 is 1.76 bits per heavy atom. The molecule has 0 atom stereocenters. The molecule has 0 N–H and O–H groups in total. The van der Waals surface area contributed by atoms with Crippen molar-refractivity contribution in [1.82, 2.24) is 0 Å². The fourth-order valence-corrected chi connectivity index (χ4v) is 1.71. The number of carbonyl (C=O) groups is 1. The van der Waals surface area contributed by atoms with Gasteiger partial charge < -0.3 is 9.47 Å². The number of aryl methyl sites for hydroxylation is 1. The van der Waals surface area contributed by atoms with Crippen molar-refractivity contribution in [2.45, 2.75) is 32.5 Å². The summed E-state index contributed by atoms with van der Waals surface area (Å²) in [5, 5.41) is 0. The molecule has 17 heavy (non-hydrogen) atoms. The summed E-state index contributed by atoms with van der Waals surface area (Å²) >= 11 is 0. The third-order valence-corrected chi connectivity index (χ3v) is 2.56. The minimum atomic E-state index is -0.990. The lowest BCUT2D eigenvalue weighted by Gasteiger charge is -2.20. The molecule has 0 bridgehead atoms. The average molecular weight is 236 g/mol. The van der Waals surface area contributed by atoms with Gasteiger partial charge in [0.25, 0.3) is 0 Å². The van der Waals surface area contributed by atoms with Gasteiger partial charge in [-0.2, -0.15) is 0 Å². The van der Waals surface area contributed by atoms with Crippen molar-refractivity contribution >= 4 is 6.29 Å². The van der Waals surface area contributed by atoms with Crippen LogP contribution in [-0.2, 0) is 20.7 Å². The predicted octanol–water partition coefficient (Wildman–Crippen LogP) is 2.59. The number of carbonyl (C=O) groups excluding carboxylic acids is 1. The minimum Gasteiger partial charge on any atom is -0.341 e. The first-order chi connectivity index (χ1) is 8.35. The summed E-state index contributed by atoms with van der Waals surface area (Å²) in [4.78, 5) is 10.9. The Kier molecular flexibility index (Phi) is 5.87. The van der Waals surface area contributed by atoms with Crippen LogP contribution < -0.4 is 0 Å². The van der Waals surface area contributed by atoms with Crippen molar-refractivity contribution in [3.63, 3.8) is 0 Å². The van der Waals surface area contributed by atoms with E-state index in [1.165, 1.54) is 5.56 Å². The highest BCUT2D eigenvalue weighted by atomic mass is 16.7. The summed E-state index contributed by atoms with van der Waals surface area (Å²) in [5.74, 6) is -0.990. The van der Waals surface area contributed by atoms with Crippen LogP contribution in [0.15, 0.2) is 30.3 Å². The van der Waals surface area contributed by atoms with E-state index in [-0.39, 0.29) is 0 Å². The van der Waals surface area contributed by atoms with Gasteiger partial charge in [-0.15, -0.1) is 0 Å². The quantitative estimate of drug-likeness (QED) is 0.754. The Morgan fingerprint density at radius 1 is 1.18 bits per heavy atom. The summed E-state index contributed by atoms with van der Waals surface area (Å²) < 4.78 is 10.6. The molecule has 0 radical (unpaired) electrons. The number of ether oxygens (including phenoxy) is 2. The third kappa shape index (κ3) is 3.95. The van der Waals surface area contributed by atoms with Crippen LogP contribution in [0.4, 0.5) is 0 Å². The van der Waals surface area contributed by atoms with Gasteiger partial charge in [-0.05, 0) is 12.0 Å². The summed E-state index contributed by atoms with van der Waals surface area (Å²) in [6, 6.07) is 10.0. The lowest BCUT2D eigenvalue weighted by Crippen LogP contribution is -2.32. The topological polar surface area (TPSA) is 35.5 Å². The first-order valence-electron chi connectivity index (χ1n) is 6.13. The number of hydrogen-bond donors (Lipinski definition) is 0. The molecular formula is C14H20O3. The molecule has 94 valence electrons. The van der Waals surface area contributed by atoms with Crippen LogP contribution in [0.25, 0.3) is 0 Å². The molecule has 1 aromatic rings. The lowest BCUT2D eigenvalue weighted by atomic mass is 10.1. The summed E-state index contributed by atoms with van der Waals surface area (Å²) in [7, 11) is 0. The highest BCUT2D eigenvalue weighted by molar-refractivity contribution is 5.60. The average Bonchev–Trinajstić information content (AvgIpc) is 2.89. The van der Waals surface area contributed by atoms with Crippen molar-refractivity contribution in [3.8, 4) is 0 Å². The van der Waals surface area contributed by atoms with Gasteiger partial charge in [0.2, 0.25) is 5.79 Å². The fourth-order valence-electron chi connectivity index (χ4n) is 1.71. The Hall–Kier alpha value is -1.19. The maximum Gasteiger partial charge on any atom is 0.226 e. The summed E-state index contributed by atoms with van der Waals surface area (Å²) in [5.41, 5.74) is 1.19. The molecule has 0 aliphatic carbocycles. The van der Waals surface area contributed by atoms with E-state index < -0.39 is 5.79 Å². The Labute approximate surface area is 103 Å². The van der Waals surface area contributed by atoms with E-state index in [1.807, 2.05) is 44.2 Å². The highest BCUT2D eigenvalue weighted by Crippen LogP contribution is 2.22. The van der Waals surface area contributed by atoms with E-state index >= 15 is 0 Å². The van der Waals surface area contributed by atoms with Gasteiger partial charge in [-0.25, -0.2) is 0 Å². The van der Waals surface area contributed by atoms with Gasteiger partial charge in [0.15, 0.2) is 6.29 Å². The SMILES string of the molecule is CC.O=CC1(CCc2ccccc2)OCCO1. The van der Waals surface area contributed by atoms with E-state index in [9.17, 15) is 4.79 Å². The number of rotatable bonds is 4. The van der Waals surface area contributed by atoms with Crippen LogP contribution >= 0.6 is 0 Å². The molecule has 0 saturated carbocycles. The second-order valence-corrected chi connectivity index (χ2v) is 3.61. The molecule has 1 aromatic carbocycles. The van der Waals surface area contributed by atoms with E-state index in [2.05, 4.69) is 0 Å². The van der Waals surface area contributed by atoms with Crippen LogP contribution in [0, 0.1) is 0 Å².